The maximum absolute atomic E-state index is 5.95. The van der Waals surface area contributed by atoms with Gasteiger partial charge in [0, 0.05) is 28.5 Å². The first kappa shape index (κ1) is 11.0. The van der Waals surface area contributed by atoms with E-state index in [0.717, 1.165) is 22.4 Å². The zero-order valence-corrected chi connectivity index (χ0v) is 10.2. The Bertz CT molecular complexity index is 692. The molecule has 2 heterocycles. The van der Waals surface area contributed by atoms with E-state index < -0.39 is 0 Å². The Morgan fingerprint density at radius 2 is 1.89 bits per heavy atom. The van der Waals surface area contributed by atoms with E-state index in [4.69, 9.17) is 11.6 Å². The van der Waals surface area contributed by atoms with Crippen molar-refractivity contribution in [3.8, 4) is 0 Å². The molecule has 0 saturated heterocycles. The van der Waals surface area contributed by atoms with Crippen LogP contribution in [-0.2, 0) is 0 Å². The lowest BCUT2D eigenvalue weighted by Gasteiger charge is -2.07. The molecule has 0 radical (unpaired) electrons. The number of nitrogens with one attached hydrogen (secondary N) is 1. The number of hydrogen-bond acceptors (Lipinski definition) is 3. The summed E-state index contributed by atoms with van der Waals surface area (Å²) in [6.45, 7) is 0. The maximum atomic E-state index is 5.95. The molecule has 18 heavy (non-hydrogen) atoms. The monoisotopic (exact) mass is 255 g/mol. The zero-order chi connectivity index (χ0) is 12.4. The number of hydrogen-bond donors (Lipinski definition) is 1. The molecule has 3 nitrogen and oxygen atoms in total. The van der Waals surface area contributed by atoms with Gasteiger partial charge >= 0.3 is 0 Å². The minimum atomic E-state index is 0.688. The molecule has 3 rings (SSSR count). The molecule has 0 aliphatic carbocycles. The molecule has 3 aromatic rings. The lowest BCUT2D eigenvalue weighted by Crippen LogP contribution is -1.95. The predicted octanol–water partition coefficient (Wildman–Crippen LogP) is 4.03. The molecule has 0 unspecified atom stereocenters. The van der Waals surface area contributed by atoms with Crippen molar-refractivity contribution < 1.29 is 0 Å². The molecule has 0 amide bonds. The fraction of sp³-hybridized carbons (Fsp3) is 0. The van der Waals surface area contributed by atoms with E-state index in [9.17, 15) is 0 Å². The Labute approximate surface area is 109 Å². The predicted molar refractivity (Wildman–Crippen MR) is 74.3 cm³/mol. The van der Waals surface area contributed by atoms with Gasteiger partial charge in [0.05, 0.1) is 0 Å². The van der Waals surface area contributed by atoms with Gasteiger partial charge in [0.15, 0.2) is 5.82 Å². The quantitative estimate of drug-likeness (QED) is 0.751. The molecule has 0 aliphatic rings. The number of fused-ring (bicyclic) bond motifs is 1. The van der Waals surface area contributed by atoms with Crippen LogP contribution in [0.3, 0.4) is 0 Å². The van der Waals surface area contributed by atoms with Crippen molar-refractivity contribution in [2.75, 3.05) is 5.32 Å². The molecule has 1 aromatic carbocycles. The van der Waals surface area contributed by atoms with Crippen molar-refractivity contribution in [1.29, 1.82) is 0 Å². The topological polar surface area (TPSA) is 37.8 Å². The van der Waals surface area contributed by atoms with Crippen molar-refractivity contribution in [2.24, 2.45) is 0 Å². The Morgan fingerprint density at radius 3 is 2.78 bits per heavy atom. The molecule has 0 spiro atoms. The first-order valence-corrected chi connectivity index (χ1v) is 5.93. The van der Waals surface area contributed by atoms with E-state index in [1.54, 1.807) is 12.4 Å². The van der Waals surface area contributed by atoms with Crippen molar-refractivity contribution in [1.82, 2.24) is 9.97 Å². The van der Waals surface area contributed by atoms with Gasteiger partial charge in [-0.2, -0.15) is 0 Å². The number of pyridine rings is 2. The number of benzene rings is 1. The standard InChI is InChI=1S/C14H10ClN3/c15-11-4-1-5-12(9-11)18-14-13-10(6-8-17-14)3-2-7-16-13/h1-9H,(H,17,18). The summed E-state index contributed by atoms with van der Waals surface area (Å²) in [5, 5.41) is 4.97. The summed E-state index contributed by atoms with van der Waals surface area (Å²) in [5.74, 6) is 0.732. The van der Waals surface area contributed by atoms with Gasteiger partial charge < -0.3 is 5.32 Å². The highest BCUT2D eigenvalue weighted by Crippen LogP contribution is 2.23. The minimum absolute atomic E-state index is 0.688. The van der Waals surface area contributed by atoms with Crippen LogP contribution < -0.4 is 5.32 Å². The van der Waals surface area contributed by atoms with E-state index >= 15 is 0 Å². The molecule has 88 valence electrons. The van der Waals surface area contributed by atoms with Gasteiger partial charge in [-0.15, -0.1) is 0 Å². The van der Waals surface area contributed by atoms with Crippen LogP contribution >= 0.6 is 11.6 Å². The van der Waals surface area contributed by atoms with Crippen LogP contribution in [0.15, 0.2) is 54.9 Å². The molecular formula is C14H10ClN3. The summed E-state index contributed by atoms with van der Waals surface area (Å²) in [7, 11) is 0. The van der Waals surface area contributed by atoms with E-state index in [1.807, 2.05) is 42.5 Å². The number of anilines is 2. The number of aromatic nitrogens is 2. The number of halogens is 1. The molecule has 0 bridgehead atoms. The van der Waals surface area contributed by atoms with Crippen LogP contribution in [0.2, 0.25) is 5.02 Å². The molecule has 1 N–H and O–H groups in total. The third kappa shape index (κ3) is 2.13. The van der Waals surface area contributed by atoms with E-state index in [-0.39, 0.29) is 0 Å². The molecule has 4 heteroatoms. The van der Waals surface area contributed by atoms with Crippen molar-refractivity contribution in [2.45, 2.75) is 0 Å². The average molecular weight is 256 g/mol. The summed E-state index contributed by atoms with van der Waals surface area (Å²) < 4.78 is 0. The van der Waals surface area contributed by atoms with Crippen LogP contribution in [0.4, 0.5) is 11.5 Å². The number of rotatable bonds is 2. The Morgan fingerprint density at radius 1 is 0.944 bits per heavy atom. The maximum Gasteiger partial charge on any atom is 0.156 e. The largest absolute Gasteiger partial charge is 0.338 e. The Hall–Kier alpha value is -2.13. The summed E-state index contributed by atoms with van der Waals surface area (Å²) in [5.41, 5.74) is 1.74. The first-order chi connectivity index (χ1) is 8.83. The first-order valence-electron chi connectivity index (χ1n) is 5.55. The van der Waals surface area contributed by atoms with E-state index in [1.165, 1.54) is 0 Å². The normalized spacial score (nSPS) is 10.5. The lowest BCUT2D eigenvalue weighted by molar-refractivity contribution is 1.30. The van der Waals surface area contributed by atoms with Gasteiger partial charge in [0.25, 0.3) is 0 Å². The van der Waals surface area contributed by atoms with Gasteiger partial charge in [-0.05, 0) is 30.3 Å². The van der Waals surface area contributed by atoms with E-state index in [2.05, 4.69) is 15.3 Å². The minimum Gasteiger partial charge on any atom is -0.338 e. The Kier molecular flexibility index (Phi) is 2.82. The molecule has 0 aliphatic heterocycles. The summed E-state index contributed by atoms with van der Waals surface area (Å²) >= 11 is 5.95. The highest BCUT2D eigenvalue weighted by atomic mass is 35.5. The SMILES string of the molecule is Clc1cccc(Nc2nccc3cccnc23)c1. The molecule has 0 fully saturated rings. The highest BCUT2D eigenvalue weighted by molar-refractivity contribution is 6.30. The van der Waals surface area contributed by atoms with Gasteiger partial charge in [-0.1, -0.05) is 23.7 Å². The molecule has 2 aromatic heterocycles. The van der Waals surface area contributed by atoms with Crippen LogP contribution in [0.25, 0.3) is 10.9 Å². The third-order valence-corrected chi connectivity index (χ3v) is 2.84. The second kappa shape index (κ2) is 4.63. The second-order valence-corrected chi connectivity index (χ2v) is 4.31. The average Bonchev–Trinajstić information content (AvgIpc) is 2.39. The summed E-state index contributed by atoms with van der Waals surface area (Å²) in [4.78, 5) is 8.66. The van der Waals surface area contributed by atoms with Gasteiger partial charge in [-0.25, -0.2) is 4.98 Å². The Balaban J connectivity index is 2.05. The molecule has 0 saturated carbocycles. The highest BCUT2D eigenvalue weighted by Gasteiger charge is 2.03. The van der Waals surface area contributed by atoms with Crippen LogP contribution in [-0.4, -0.2) is 9.97 Å². The van der Waals surface area contributed by atoms with Crippen LogP contribution in [0, 0.1) is 0 Å². The lowest BCUT2D eigenvalue weighted by atomic mass is 10.2. The smallest absolute Gasteiger partial charge is 0.156 e. The fourth-order valence-electron chi connectivity index (χ4n) is 1.80. The molecule has 0 atom stereocenters. The van der Waals surface area contributed by atoms with Crippen LogP contribution in [0.5, 0.6) is 0 Å². The third-order valence-electron chi connectivity index (χ3n) is 2.61. The summed E-state index contributed by atoms with van der Waals surface area (Å²) in [6.07, 6.45) is 3.52. The van der Waals surface area contributed by atoms with Gasteiger partial charge in [-0.3, -0.25) is 4.98 Å². The van der Waals surface area contributed by atoms with Gasteiger partial charge in [0.2, 0.25) is 0 Å². The van der Waals surface area contributed by atoms with Crippen molar-refractivity contribution >= 4 is 34.0 Å². The second-order valence-electron chi connectivity index (χ2n) is 3.87. The van der Waals surface area contributed by atoms with Crippen molar-refractivity contribution in [3.63, 3.8) is 0 Å². The zero-order valence-electron chi connectivity index (χ0n) is 9.47. The van der Waals surface area contributed by atoms with Crippen LogP contribution in [0.1, 0.15) is 0 Å². The molecular weight excluding hydrogens is 246 g/mol. The number of nitrogens with zero attached hydrogens (tertiary/aromatic N) is 2. The van der Waals surface area contributed by atoms with Gasteiger partial charge in [0.1, 0.15) is 5.52 Å². The van der Waals surface area contributed by atoms with E-state index in [0.29, 0.717) is 5.02 Å². The summed E-state index contributed by atoms with van der Waals surface area (Å²) in [6, 6.07) is 13.4. The van der Waals surface area contributed by atoms with Crippen molar-refractivity contribution in [3.05, 3.63) is 59.9 Å². The fourth-order valence-corrected chi connectivity index (χ4v) is 1.99.